The van der Waals surface area contributed by atoms with E-state index < -0.39 is 0 Å². The lowest BCUT2D eigenvalue weighted by Gasteiger charge is -2.10. The zero-order valence-electron chi connectivity index (χ0n) is 9.74. The molecule has 6 heteroatoms. The van der Waals surface area contributed by atoms with Gasteiger partial charge in [0.05, 0.1) is 12.1 Å². The summed E-state index contributed by atoms with van der Waals surface area (Å²) >= 11 is 0. The van der Waals surface area contributed by atoms with Crippen LogP contribution < -0.4 is 11.1 Å². The van der Waals surface area contributed by atoms with Crippen LogP contribution in [-0.4, -0.2) is 23.7 Å². The Hall–Kier alpha value is -1.07. The number of carbonyl (C=O) groups excluding carboxylic acids is 1. The Kier molecular flexibility index (Phi) is 6.06. The van der Waals surface area contributed by atoms with E-state index >= 15 is 0 Å². The molecule has 16 heavy (non-hydrogen) atoms. The Morgan fingerprint density at radius 3 is 2.62 bits per heavy atom. The number of rotatable bonds is 4. The molecule has 0 bridgehead atoms. The number of aromatic nitrogens is 1. The molecule has 0 unspecified atom stereocenters. The van der Waals surface area contributed by atoms with Crippen LogP contribution in [0.2, 0.25) is 0 Å². The Bertz CT molecular complexity index is 332. The molecule has 0 radical (unpaired) electrons. The molecule has 0 fully saturated rings. The number of nitrogens with zero attached hydrogens (tertiary/aromatic N) is 1. The van der Waals surface area contributed by atoms with Crippen molar-refractivity contribution in [1.29, 1.82) is 0 Å². The zero-order valence-corrected chi connectivity index (χ0v) is 10.6. The molecule has 0 aliphatic carbocycles. The molecule has 0 aromatic carbocycles. The largest absolute Gasteiger partial charge is 0.361 e. The quantitative estimate of drug-likeness (QED) is 0.822. The molecule has 1 rings (SSSR count). The highest BCUT2D eigenvalue weighted by Crippen LogP contribution is 2.12. The van der Waals surface area contributed by atoms with Gasteiger partial charge in [-0.2, -0.15) is 0 Å². The van der Waals surface area contributed by atoms with Crippen molar-refractivity contribution in [3.63, 3.8) is 0 Å². The second-order valence-electron chi connectivity index (χ2n) is 3.68. The predicted octanol–water partition coefficient (Wildman–Crippen LogP) is 0.719. The SMILES string of the molecule is Cc1noc(C)c1CC(=O)N[C@@H](C)CN.Cl. The minimum atomic E-state index is -0.0534. The molecule has 1 atom stereocenters. The van der Waals surface area contributed by atoms with Crippen molar-refractivity contribution in [3.8, 4) is 0 Å². The molecule has 1 aromatic rings. The van der Waals surface area contributed by atoms with Crippen LogP contribution in [0.5, 0.6) is 0 Å². The molecule has 0 aliphatic rings. The van der Waals surface area contributed by atoms with Gasteiger partial charge < -0.3 is 15.6 Å². The molecule has 3 N–H and O–H groups in total. The molecule has 0 spiro atoms. The second kappa shape index (κ2) is 6.50. The van der Waals surface area contributed by atoms with Gasteiger partial charge in [-0.05, 0) is 20.8 Å². The van der Waals surface area contributed by atoms with Crippen LogP contribution >= 0.6 is 12.4 Å². The number of amides is 1. The average Bonchev–Trinajstić information content (AvgIpc) is 2.49. The van der Waals surface area contributed by atoms with Crippen molar-refractivity contribution < 1.29 is 9.32 Å². The Balaban J connectivity index is 0.00000225. The van der Waals surface area contributed by atoms with E-state index in [9.17, 15) is 4.79 Å². The molecular weight excluding hydrogens is 230 g/mol. The smallest absolute Gasteiger partial charge is 0.224 e. The van der Waals surface area contributed by atoms with Gasteiger partial charge in [0.25, 0.3) is 0 Å². The minimum Gasteiger partial charge on any atom is -0.361 e. The van der Waals surface area contributed by atoms with Crippen molar-refractivity contribution in [1.82, 2.24) is 10.5 Å². The number of aryl methyl sites for hydroxylation is 2. The van der Waals surface area contributed by atoms with E-state index in [0.717, 1.165) is 11.3 Å². The van der Waals surface area contributed by atoms with Gasteiger partial charge >= 0.3 is 0 Å². The van der Waals surface area contributed by atoms with E-state index in [4.69, 9.17) is 10.3 Å². The second-order valence-corrected chi connectivity index (χ2v) is 3.68. The molecule has 0 saturated heterocycles. The Labute approximate surface area is 101 Å². The number of nitrogens with two attached hydrogens (primary N) is 1. The van der Waals surface area contributed by atoms with Gasteiger partial charge in [-0.25, -0.2) is 0 Å². The van der Waals surface area contributed by atoms with Crippen LogP contribution in [0.15, 0.2) is 4.52 Å². The van der Waals surface area contributed by atoms with Crippen LogP contribution in [0, 0.1) is 13.8 Å². The highest BCUT2D eigenvalue weighted by atomic mass is 35.5. The van der Waals surface area contributed by atoms with Crippen molar-refractivity contribution in [2.45, 2.75) is 33.2 Å². The summed E-state index contributed by atoms with van der Waals surface area (Å²) in [4.78, 5) is 11.5. The van der Waals surface area contributed by atoms with Crippen molar-refractivity contribution in [3.05, 3.63) is 17.0 Å². The normalized spacial score (nSPS) is 11.8. The van der Waals surface area contributed by atoms with E-state index in [2.05, 4.69) is 10.5 Å². The van der Waals surface area contributed by atoms with Gasteiger partial charge in [0.15, 0.2) is 0 Å². The standard InChI is InChI=1S/C10H17N3O2.ClH/c1-6(5-11)12-10(14)4-9-7(2)13-15-8(9)3;/h6H,4-5,11H2,1-3H3,(H,12,14);1H/t6-;/m0./s1. The number of hydrogen-bond donors (Lipinski definition) is 2. The molecule has 1 amide bonds. The third-order valence-corrected chi connectivity index (χ3v) is 2.28. The fourth-order valence-corrected chi connectivity index (χ4v) is 1.30. The fourth-order valence-electron chi connectivity index (χ4n) is 1.30. The summed E-state index contributed by atoms with van der Waals surface area (Å²) in [6, 6.07) is -0.00188. The topological polar surface area (TPSA) is 81.2 Å². The number of hydrogen-bond acceptors (Lipinski definition) is 4. The van der Waals surface area contributed by atoms with E-state index in [1.165, 1.54) is 0 Å². The van der Waals surface area contributed by atoms with Gasteiger partial charge in [0.1, 0.15) is 5.76 Å². The van der Waals surface area contributed by atoms with Crippen molar-refractivity contribution >= 4 is 18.3 Å². The minimum absolute atomic E-state index is 0. The lowest BCUT2D eigenvalue weighted by Crippen LogP contribution is -2.38. The first-order valence-corrected chi connectivity index (χ1v) is 4.95. The fraction of sp³-hybridized carbons (Fsp3) is 0.600. The number of carbonyl (C=O) groups is 1. The first-order chi connectivity index (χ1) is 7.04. The van der Waals surface area contributed by atoms with Crippen LogP contribution in [0.1, 0.15) is 23.9 Å². The lowest BCUT2D eigenvalue weighted by molar-refractivity contribution is -0.121. The summed E-state index contributed by atoms with van der Waals surface area (Å²) in [5, 5.41) is 6.58. The van der Waals surface area contributed by atoms with Crippen molar-refractivity contribution in [2.75, 3.05) is 6.54 Å². The van der Waals surface area contributed by atoms with Crippen LogP contribution in [0.3, 0.4) is 0 Å². The monoisotopic (exact) mass is 247 g/mol. The van der Waals surface area contributed by atoms with Gasteiger partial charge in [-0.15, -0.1) is 12.4 Å². The summed E-state index contributed by atoms with van der Waals surface area (Å²) in [7, 11) is 0. The molecular formula is C10H18ClN3O2. The number of halogens is 1. The maximum atomic E-state index is 11.5. The molecule has 0 saturated carbocycles. The Morgan fingerprint density at radius 1 is 1.56 bits per heavy atom. The van der Waals surface area contributed by atoms with Gasteiger partial charge in [-0.3, -0.25) is 4.79 Å². The highest BCUT2D eigenvalue weighted by molar-refractivity contribution is 5.85. The number of nitrogens with one attached hydrogen (secondary N) is 1. The van der Waals surface area contributed by atoms with Crippen LogP contribution in [-0.2, 0) is 11.2 Å². The van der Waals surface area contributed by atoms with Gasteiger partial charge in [-0.1, -0.05) is 5.16 Å². The first kappa shape index (κ1) is 14.9. The van der Waals surface area contributed by atoms with E-state index in [-0.39, 0.29) is 24.4 Å². The van der Waals surface area contributed by atoms with Crippen molar-refractivity contribution in [2.24, 2.45) is 5.73 Å². The molecule has 1 heterocycles. The maximum absolute atomic E-state index is 11.5. The summed E-state index contributed by atoms with van der Waals surface area (Å²) in [5.74, 6) is 0.644. The molecule has 0 aliphatic heterocycles. The van der Waals surface area contributed by atoms with Gasteiger partial charge in [0, 0.05) is 18.2 Å². The Morgan fingerprint density at radius 2 is 2.19 bits per heavy atom. The van der Waals surface area contributed by atoms with E-state index in [1.54, 1.807) is 6.92 Å². The first-order valence-electron chi connectivity index (χ1n) is 4.95. The zero-order chi connectivity index (χ0) is 11.4. The van der Waals surface area contributed by atoms with E-state index in [1.807, 2.05) is 13.8 Å². The third-order valence-electron chi connectivity index (χ3n) is 2.28. The maximum Gasteiger partial charge on any atom is 0.224 e. The molecule has 5 nitrogen and oxygen atoms in total. The van der Waals surface area contributed by atoms with Crippen LogP contribution in [0.4, 0.5) is 0 Å². The van der Waals surface area contributed by atoms with E-state index in [0.29, 0.717) is 18.7 Å². The average molecular weight is 248 g/mol. The van der Waals surface area contributed by atoms with Gasteiger partial charge in [0.2, 0.25) is 5.91 Å². The molecule has 1 aromatic heterocycles. The lowest BCUT2D eigenvalue weighted by atomic mass is 10.1. The predicted molar refractivity (Wildman–Crippen MR) is 63.6 cm³/mol. The summed E-state index contributed by atoms with van der Waals surface area (Å²) in [6.07, 6.45) is 0.297. The summed E-state index contributed by atoms with van der Waals surface area (Å²) in [6.45, 7) is 5.93. The summed E-state index contributed by atoms with van der Waals surface area (Å²) in [5.41, 5.74) is 7.03. The third kappa shape index (κ3) is 3.83. The van der Waals surface area contributed by atoms with Crippen LogP contribution in [0.25, 0.3) is 0 Å². The summed E-state index contributed by atoms with van der Waals surface area (Å²) < 4.78 is 4.97. The molecule has 92 valence electrons. The highest BCUT2D eigenvalue weighted by Gasteiger charge is 2.14.